The van der Waals surface area contributed by atoms with Crippen molar-refractivity contribution in [1.29, 1.82) is 0 Å². The van der Waals surface area contributed by atoms with Crippen LogP contribution in [-0.4, -0.2) is 13.6 Å². The van der Waals surface area contributed by atoms with Crippen LogP contribution < -0.4 is 5.32 Å². The van der Waals surface area contributed by atoms with Crippen molar-refractivity contribution < 1.29 is 0 Å². The molecule has 25 heavy (non-hydrogen) atoms. The molecule has 0 saturated heterocycles. The third-order valence-corrected chi connectivity index (χ3v) is 6.05. The second kappa shape index (κ2) is 18.7. The molecule has 0 rings (SSSR count). The highest BCUT2D eigenvalue weighted by molar-refractivity contribution is 4.71. The van der Waals surface area contributed by atoms with Crippen molar-refractivity contribution in [1.82, 2.24) is 5.32 Å². The lowest BCUT2D eigenvalue weighted by atomic mass is 9.80. The van der Waals surface area contributed by atoms with Gasteiger partial charge in [-0.15, -0.1) is 0 Å². The van der Waals surface area contributed by atoms with E-state index in [0.29, 0.717) is 0 Å². The van der Waals surface area contributed by atoms with Crippen molar-refractivity contribution in [3.05, 3.63) is 0 Å². The van der Waals surface area contributed by atoms with E-state index in [1.807, 2.05) is 0 Å². The van der Waals surface area contributed by atoms with Crippen LogP contribution in [0.25, 0.3) is 0 Å². The summed E-state index contributed by atoms with van der Waals surface area (Å²) >= 11 is 0. The van der Waals surface area contributed by atoms with Crippen LogP contribution in [0.4, 0.5) is 0 Å². The first-order chi connectivity index (χ1) is 12.2. The lowest BCUT2D eigenvalue weighted by Crippen LogP contribution is -2.20. The largest absolute Gasteiger partial charge is 0.320 e. The summed E-state index contributed by atoms with van der Waals surface area (Å²) in [5.74, 6) is 2.89. The van der Waals surface area contributed by atoms with E-state index in [1.165, 1.54) is 103 Å². The number of hydrogen-bond acceptors (Lipinski definition) is 1. The predicted octanol–water partition coefficient (Wildman–Crippen LogP) is 7.99. The molecule has 1 heteroatoms. The van der Waals surface area contributed by atoms with Crippen LogP contribution in [0.3, 0.4) is 0 Å². The molecule has 0 heterocycles. The second-order valence-electron chi connectivity index (χ2n) is 8.58. The predicted molar refractivity (Wildman–Crippen MR) is 116 cm³/mol. The minimum Gasteiger partial charge on any atom is -0.320 e. The van der Waals surface area contributed by atoms with Gasteiger partial charge in [0.15, 0.2) is 0 Å². The second-order valence-corrected chi connectivity index (χ2v) is 8.58. The fraction of sp³-hybridized carbons (Fsp3) is 1.00. The molecule has 2 unspecified atom stereocenters. The molecule has 0 aliphatic carbocycles. The van der Waals surface area contributed by atoms with Gasteiger partial charge in [0.05, 0.1) is 0 Å². The first-order valence-corrected chi connectivity index (χ1v) is 11.8. The van der Waals surface area contributed by atoms with Crippen molar-refractivity contribution in [3.63, 3.8) is 0 Å². The molecule has 2 atom stereocenters. The third kappa shape index (κ3) is 14.8. The van der Waals surface area contributed by atoms with Gasteiger partial charge in [-0.3, -0.25) is 0 Å². The van der Waals surface area contributed by atoms with E-state index in [0.717, 1.165) is 17.8 Å². The quantitative estimate of drug-likeness (QED) is 0.232. The van der Waals surface area contributed by atoms with E-state index in [4.69, 9.17) is 0 Å². The van der Waals surface area contributed by atoms with Gasteiger partial charge in [0.25, 0.3) is 0 Å². The van der Waals surface area contributed by atoms with Crippen LogP contribution >= 0.6 is 0 Å². The number of rotatable bonds is 19. The van der Waals surface area contributed by atoms with Crippen LogP contribution in [0.1, 0.15) is 124 Å². The van der Waals surface area contributed by atoms with Gasteiger partial charge in [0.1, 0.15) is 0 Å². The van der Waals surface area contributed by atoms with Gasteiger partial charge >= 0.3 is 0 Å². The van der Waals surface area contributed by atoms with Crippen LogP contribution in [0.15, 0.2) is 0 Å². The molecular weight excluding hydrogens is 302 g/mol. The van der Waals surface area contributed by atoms with Crippen molar-refractivity contribution in [2.24, 2.45) is 17.8 Å². The Morgan fingerprint density at radius 1 is 0.560 bits per heavy atom. The number of hydrogen-bond donors (Lipinski definition) is 1. The normalized spacial score (nSPS) is 14.2. The Hall–Kier alpha value is -0.0400. The summed E-state index contributed by atoms with van der Waals surface area (Å²) in [4.78, 5) is 0. The summed E-state index contributed by atoms with van der Waals surface area (Å²) in [7, 11) is 2.10. The maximum Gasteiger partial charge on any atom is -0.00492 e. The third-order valence-electron chi connectivity index (χ3n) is 6.05. The van der Waals surface area contributed by atoms with Crippen LogP contribution in [0, 0.1) is 17.8 Å². The van der Waals surface area contributed by atoms with E-state index in [1.54, 1.807) is 0 Å². The number of unbranched alkanes of at least 4 members (excludes halogenated alkanes) is 5. The van der Waals surface area contributed by atoms with E-state index in [2.05, 4.69) is 40.1 Å². The molecule has 0 aromatic carbocycles. The van der Waals surface area contributed by atoms with Gasteiger partial charge in [-0.25, -0.2) is 0 Å². The van der Waals surface area contributed by atoms with Crippen molar-refractivity contribution >= 4 is 0 Å². The Bertz CT molecular complexity index is 244. The van der Waals surface area contributed by atoms with Crippen LogP contribution in [0.5, 0.6) is 0 Å². The summed E-state index contributed by atoms with van der Waals surface area (Å²) in [5, 5.41) is 3.38. The highest BCUT2D eigenvalue weighted by Gasteiger charge is 2.19. The van der Waals surface area contributed by atoms with E-state index < -0.39 is 0 Å². The molecule has 152 valence electrons. The maximum atomic E-state index is 3.38. The molecule has 0 radical (unpaired) electrons. The fourth-order valence-corrected chi connectivity index (χ4v) is 4.55. The highest BCUT2D eigenvalue weighted by Crippen LogP contribution is 2.30. The lowest BCUT2D eigenvalue weighted by Gasteiger charge is -2.27. The van der Waals surface area contributed by atoms with Crippen molar-refractivity contribution in [3.8, 4) is 0 Å². The Morgan fingerprint density at radius 3 is 1.56 bits per heavy atom. The molecule has 0 saturated carbocycles. The Balaban J connectivity index is 3.85. The fourth-order valence-electron chi connectivity index (χ4n) is 4.55. The summed E-state index contributed by atoms with van der Waals surface area (Å²) in [6, 6.07) is 0. The maximum absolute atomic E-state index is 3.38. The average Bonchev–Trinajstić information content (AvgIpc) is 2.60. The molecule has 0 fully saturated rings. The van der Waals surface area contributed by atoms with E-state index >= 15 is 0 Å². The van der Waals surface area contributed by atoms with Crippen LogP contribution in [-0.2, 0) is 0 Å². The van der Waals surface area contributed by atoms with Gasteiger partial charge in [-0.05, 0) is 37.8 Å². The zero-order chi connectivity index (χ0) is 18.8. The topological polar surface area (TPSA) is 12.0 Å². The zero-order valence-corrected chi connectivity index (χ0v) is 18.5. The lowest BCUT2D eigenvalue weighted by molar-refractivity contribution is 0.251. The van der Waals surface area contributed by atoms with E-state index in [9.17, 15) is 0 Å². The first kappa shape index (κ1) is 25.0. The zero-order valence-electron chi connectivity index (χ0n) is 18.5. The molecule has 1 N–H and O–H groups in total. The molecule has 0 aliphatic heterocycles. The summed E-state index contributed by atoms with van der Waals surface area (Å²) < 4.78 is 0. The summed E-state index contributed by atoms with van der Waals surface area (Å²) in [6.07, 6.45) is 21.5. The molecule has 0 bridgehead atoms. The minimum absolute atomic E-state index is 0.951. The number of nitrogens with one attached hydrogen (secondary N) is 1. The molecular formula is C24H51N. The van der Waals surface area contributed by atoms with Gasteiger partial charge in [0, 0.05) is 0 Å². The van der Waals surface area contributed by atoms with Crippen molar-refractivity contribution in [2.75, 3.05) is 13.6 Å². The molecule has 0 aliphatic rings. The molecule has 0 spiro atoms. The standard InChI is InChI=1S/C24H51N/c1-6-15-22(4)18-13-11-9-10-12-14-19-24(20-21-25-5)23(16-7-2)17-8-3/h22-25H,6-21H2,1-5H3. The SMILES string of the molecule is CCCC(C)CCCCCCCCC(CCNC)C(CCC)CCC. The van der Waals surface area contributed by atoms with Gasteiger partial charge in [-0.2, -0.15) is 0 Å². The monoisotopic (exact) mass is 353 g/mol. The van der Waals surface area contributed by atoms with Gasteiger partial charge in [0.2, 0.25) is 0 Å². The molecule has 0 aromatic rings. The summed E-state index contributed by atoms with van der Waals surface area (Å²) in [5.41, 5.74) is 0. The van der Waals surface area contributed by atoms with Gasteiger partial charge in [-0.1, -0.05) is 118 Å². The van der Waals surface area contributed by atoms with Crippen molar-refractivity contribution in [2.45, 2.75) is 124 Å². The highest BCUT2D eigenvalue weighted by atomic mass is 14.8. The van der Waals surface area contributed by atoms with Gasteiger partial charge < -0.3 is 5.32 Å². The molecule has 0 amide bonds. The van der Waals surface area contributed by atoms with Crippen LogP contribution in [0.2, 0.25) is 0 Å². The first-order valence-electron chi connectivity index (χ1n) is 11.8. The molecule has 1 nitrogen and oxygen atoms in total. The minimum atomic E-state index is 0.951. The molecule has 0 aromatic heterocycles. The Kier molecular flexibility index (Phi) is 18.7. The Morgan fingerprint density at radius 2 is 1.04 bits per heavy atom. The Labute approximate surface area is 161 Å². The smallest absolute Gasteiger partial charge is 0.00492 e. The average molecular weight is 354 g/mol. The summed E-state index contributed by atoms with van der Waals surface area (Å²) in [6.45, 7) is 10.7. The van der Waals surface area contributed by atoms with E-state index in [-0.39, 0.29) is 0 Å².